The zero-order valence-electron chi connectivity index (χ0n) is 19.3. The number of ether oxygens (including phenoxy) is 2. The van der Waals surface area contributed by atoms with Gasteiger partial charge in [0.25, 0.3) is 0 Å². The van der Waals surface area contributed by atoms with Crippen LogP contribution in [0.4, 0.5) is 0 Å². The molecule has 0 aliphatic carbocycles. The highest BCUT2D eigenvalue weighted by Gasteiger charge is 2.13. The van der Waals surface area contributed by atoms with Crippen molar-refractivity contribution < 1.29 is 14.3 Å². The van der Waals surface area contributed by atoms with Gasteiger partial charge >= 0.3 is 0 Å². The third-order valence-electron chi connectivity index (χ3n) is 4.48. The van der Waals surface area contributed by atoms with Gasteiger partial charge in [-0.25, -0.2) is 0 Å². The Labute approximate surface area is 199 Å². The molecule has 1 aromatic rings. The zero-order chi connectivity index (χ0) is 21.6. The van der Waals surface area contributed by atoms with Crippen molar-refractivity contribution in [3.63, 3.8) is 0 Å². The first-order valence-corrected chi connectivity index (χ1v) is 10.7. The van der Waals surface area contributed by atoms with E-state index in [-0.39, 0.29) is 35.9 Å². The van der Waals surface area contributed by atoms with Gasteiger partial charge in [-0.3, -0.25) is 9.79 Å². The molecule has 1 atom stereocenters. The molecular formula is C22H39IN4O3. The number of rotatable bonds is 12. The van der Waals surface area contributed by atoms with Crippen molar-refractivity contribution in [1.82, 2.24) is 15.5 Å². The van der Waals surface area contributed by atoms with E-state index in [1.807, 2.05) is 57.7 Å². The van der Waals surface area contributed by atoms with Crippen LogP contribution in [-0.4, -0.2) is 56.2 Å². The Morgan fingerprint density at radius 3 is 2.27 bits per heavy atom. The van der Waals surface area contributed by atoms with Gasteiger partial charge < -0.3 is 25.0 Å². The fourth-order valence-corrected chi connectivity index (χ4v) is 2.94. The largest absolute Gasteiger partial charge is 0.490 e. The Morgan fingerprint density at radius 1 is 1.07 bits per heavy atom. The van der Waals surface area contributed by atoms with Crippen LogP contribution >= 0.6 is 24.0 Å². The normalized spacial score (nSPS) is 11.9. The molecule has 2 N–H and O–H groups in total. The predicted molar refractivity (Wildman–Crippen MR) is 134 cm³/mol. The van der Waals surface area contributed by atoms with Crippen LogP contribution in [0.5, 0.6) is 11.5 Å². The van der Waals surface area contributed by atoms with Crippen molar-refractivity contribution in [3.8, 4) is 11.5 Å². The van der Waals surface area contributed by atoms with E-state index in [1.54, 1.807) is 0 Å². The summed E-state index contributed by atoms with van der Waals surface area (Å²) in [5.74, 6) is 2.32. The molecule has 8 heteroatoms. The van der Waals surface area contributed by atoms with Crippen molar-refractivity contribution in [2.45, 2.75) is 54.0 Å². The fourth-order valence-electron chi connectivity index (χ4n) is 2.94. The minimum Gasteiger partial charge on any atom is -0.490 e. The number of guanidine groups is 1. The van der Waals surface area contributed by atoms with Gasteiger partial charge in [0, 0.05) is 26.1 Å². The van der Waals surface area contributed by atoms with Gasteiger partial charge in [-0.05, 0) is 59.2 Å². The SMILES string of the molecule is CCNC(=NCCC(=O)N(CC)CC)NC(C)c1ccc(OCC)c(OCC)c1.I. The molecule has 0 bridgehead atoms. The van der Waals surface area contributed by atoms with Crippen molar-refractivity contribution in [2.24, 2.45) is 4.99 Å². The second-order valence-electron chi connectivity index (χ2n) is 6.51. The first-order chi connectivity index (χ1) is 14.0. The summed E-state index contributed by atoms with van der Waals surface area (Å²) in [5.41, 5.74) is 1.07. The first kappa shape index (κ1) is 28.3. The summed E-state index contributed by atoms with van der Waals surface area (Å²) >= 11 is 0. The van der Waals surface area contributed by atoms with Crippen LogP contribution in [0.15, 0.2) is 23.2 Å². The lowest BCUT2D eigenvalue weighted by Crippen LogP contribution is -2.39. The van der Waals surface area contributed by atoms with Crippen molar-refractivity contribution in [2.75, 3.05) is 39.4 Å². The molecule has 0 aliphatic heterocycles. The van der Waals surface area contributed by atoms with Crippen molar-refractivity contribution >= 4 is 35.8 Å². The summed E-state index contributed by atoms with van der Waals surface area (Å²) < 4.78 is 11.4. The topological polar surface area (TPSA) is 75.2 Å². The average Bonchev–Trinajstić information content (AvgIpc) is 2.70. The van der Waals surface area contributed by atoms with Crippen LogP contribution in [0, 0.1) is 0 Å². The lowest BCUT2D eigenvalue weighted by molar-refractivity contribution is -0.130. The Hall–Kier alpha value is -1.71. The van der Waals surface area contributed by atoms with Gasteiger partial charge in [0.2, 0.25) is 5.91 Å². The maximum atomic E-state index is 12.2. The van der Waals surface area contributed by atoms with E-state index in [4.69, 9.17) is 9.47 Å². The Morgan fingerprint density at radius 2 is 1.70 bits per heavy atom. The van der Waals surface area contributed by atoms with E-state index in [0.29, 0.717) is 32.1 Å². The number of nitrogens with one attached hydrogen (secondary N) is 2. The number of aliphatic imine (C=N–C) groups is 1. The molecule has 7 nitrogen and oxygen atoms in total. The van der Waals surface area contributed by atoms with Gasteiger partial charge in [-0.1, -0.05) is 6.07 Å². The van der Waals surface area contributed by atoms with Crippen LogP contribution < -0.4 is 20.1 Å². The number of benzene rings is 1. The second kappa shape index (κ2) is 16.0. The maximum absolute atomic E-state index is 12.2. The summed E-state index contributed by atoms with van der Waals surface area (Å²) in [6, 6.07) is 5.98. The number of amides is 1. The molecule has 172 valence electrons. The highest BCUT2D eigenvalue weighted by molar-refractivity contribution is 14.0. The molecule has 0 saturated carbocycles. The number of nitrogens with zero attached hydrogens (tertiary/aromatic N) is 2. The number of hydrogen-bond acceptors (Lipinski definition) is 4. The third-order valence-corrected chi connectivity index (χ3v) is 4.48. The molecule has 0 aliphatic rings. The number of carbonyl (C=O) groups is 1. The molecule has 30 heavy (non-hydrogen) atoms. The molecular weight excluding hydrogens is 495 g/mol. The average molecular weight is 534 g/mol. The second-order valence-corrected chi connectivity index (χ2v) is 6.51. The van der Waals surface area contributed by atoms with Crippen LogP contribution in [-0.2, 0) is 4.79 Å². The van der Waals surface area contributed by atoms with E-state index < -0.39 is 0 Å². The summed E-state index contributed by atoms with van der Waals surface area (Å²) in [4.78, 5) is 18.6. The highest BCUT2D eigenvalue weighted by Crippen LogP contribution is 2.30. The molecule has 1 amide bonds. The van der Waals surface area contributed by atoms with E-state index >= 15 is 0 Å². The minimum absolute atomic E-state index is 0. The molecule has 0 saturated heterocycles. The van der Waals surface area contributed by atoms with E-state index in [9.17, 15) is 4.79 Å². The molecule has 1 rings (SSSR count). The summed E-state index contributed by atoms with van der Waals surface area (Å²) in [5, 5.41) is 6.65. The highest BCUT2D eigenvalue weighted by atomic mass is 127. The molecule has 1 unspecified atom stereocenters. The summed E-state index contributed by atoms with van der Waals surface area (Å²) in [6.45, 7) is 15.8. The quantitative estimate of drug-likeness (QED) is 0.241. The van der Waals surface area contributed by atoms with Crippen LogP contribution in [0.1, 0.15) is 59.6 Å². The molecule has 0 spiro atoms. The number of carbonyl (C=O) groups excluding carboxylic acids is 1. The third kappa shape index (κ3) is 9.40. The van der Waals surface area contributed by atoms with Gasteiger partial charge in [0.15, 0.2) is 17.5 Å². The van der Waals surface area contributed by atoms with Gasteiger partial charge in [0.1, 0.15) is 0 Å². The molecule has 0 fully saturated rings. The molecule has 0 aromatic heterocycles. The van der Waals surface area contributed by atoms with Gasteiger partial charge in [0.05, 0.1) is 25.8 Å². The van der Waals surface area contributed by atoms with Crippen molar-refractivity contribution in [3.05, 3.63) is 23.8 Å². The fraction of sp³-hybridized carbons (Fsp3) is 0.636. The maximum Gasteiger partial charge on any atom is 0.224 e. The first-order valence-electron chi connectivity index (χ1n) is 10.7. The van der Waals surface area contributed by atoms with Crippen LogP contribution in [0.2, 0.25) is 0 Å². The zero-order valence-corrected chi connectivity index (χ0v) is 21.6. The summed E-state index contributed by atoms with van der Waals surface area (Å²) in [7, 11) is 0. The standard InChI is InChI=1S/C22H38N4O3.HI/c1-7-23-22(24-15-14-21(27)26(8-2)9-3)25-17(6)18-12-13-19(28-10-4)20(16-18)29-11-5;/h12-13,16-17H,7-11,14-15H2,1-6H3,(H2,23,24,25);1H. The number of halogens is 1. The predicted octanol–water partition coefficient (Wildman–Crippen LogP) is 3.98. The number of hydrogen-bond donors (Lipinski definition) is 2. The van der Waals surface area contributed by atoms with Crippen molar-refractivity contribution in [1.29, 1.82) is 0 Å². The Bertz CT molecular complexity index is 651. The molecule has 0 heterocycles. The Kier molecular flexibility index (Phi) is 15.1. The lowest BCUT2D eigenvalue weighted by Gasteiger charge is -2.20. The smallest absolute Gasteiger partial charge is 0.224 e. The molecule has 1 aromatic carbocycles. The van der Waals surface area contributed by atoms with Crippen LogP contribution in [0.25, 0.3) is 0 Å². The monoisotopic (exact) mass is 534 g/mol. The lowest BCUT2D eigenvalue weighted by atomic mass is 10.1. The van der Waals surface area contributed by atoms with E-state index in [0.717, 1.165) is 36.7 Å². The Balaban J connectivity index is 0.00000841. The van der Waals surface area contributed by atoms with Gasteiger partial charge in [-0.15, -0.1) is 24.0 Å². The molecule has 0 radical (unpaired) electrons. The summed E-state index contributed by atoms with van der Waals surface area (Å²) in [6.07, 6.45) is 0.407. The van der Waals surface area contributed by atoms with E-state index in [1.165, 1.54) is 0 Å². The van der Waals surface area contributed by atoms with Gasteiger partial charge in [-0.2, -0.15) is 0 Å². The van der Waals surface area contributed by atoms with Crippen LogP contribution in [0.3, 0.4) is 0 Å². The minimum atomic E-state index is 0. The van der Waals surface area contributed by atoms with E-state index in [2.05, 4.69) is 22.5 Å².